The smallest absolute Gasteiger partial charge is 0.363 e. The number of carbonyl (C=O) groups is 2. The zero-order chi connectivity index (χ0) is 23.5. The second-order valence-corrected chi connectivity index (χ2v) is 7.49. The number of cyclic esters (lactones) is 1. The number of benzene rings is 3. The molecule has 0 N–H and O–H groups in total. The molecule has 0 bridgehead atoms. The summed E-state index contributed by atoms with van der Waals surface area (Å²) in [4.78, 5) is 38.9. The lowest BCUT2D eigenvalue weighted by atomic mass is 10.1. The number of hydrogen-bond donors (Lipinski definition) is 0. The Labute approximate surface area is 192 Å². The van der Waals surface area contributed by atoms with Crippen LogP contribution < -0.4 is 4.74 Å². The van der Waals surface area contributed by atoms with Gasteiger partial charge in [0.05, 0.1) is 21.1 Å². The molecule has 0 amide bonds. The Kier molecular flexibility index (Phi) is 6.01. The summed E-state index contributed by atoms with van der Waals surface area (Å²) in [7, 11) is 0. The number of carbonyl (C=O) groups excluding carboxylic acids is 2. The number of esters is 2. The van der Waals surface area contributed by atoms with E-state index >= 15 is 0 Å². The molecule has 0 fully saturated rings. The fourth-order valence-corrected chi connectivity index (χ4v) is 3.30. The van der Waals surface area contributed by atoms with Gasteiger partial charge in [0.15, 0.2) is 5.70 Å². The van der Waals surface area contributed by atoms with Crippen LogP contribution in [0.25, 0.3) is 6.08 Å². The molecule has 3 aromatic rings. The Morgan fingerprint density at radius 3 is 2.55 bits per heavy atom. The first-order valence-corrected chi connectivity index (χ1v) is 10.0. The fraction of sp³-hybridized carbons (Fsp3) is 0.0417. The van der Waals surface area contributed by atoms with Crippen LogP contribution in [0.3, 0.4) is 0 Å². The van der Waals surface area contributed by atoms with Crippen molar-refractivity contribution in [3.8, 4) is 5.75 Å². The predicted octanol–water partition coefficient (Wildman–Crippen LogP) is 5.12. The second-order valence-electron chi connectivity index (χ2n) is 7.09. The molecular formula is C24H15ClN2O6. The van der Waals surface area contributed by atoms with Crippen molar-refractivity contribution in [3.05, 3.63) is 110 Å². The Morgan fingerprint density at radius 2 is 1.88 bits per heavy atom. The molecule has 0 spiro atoms. The van der Waals surface area contributed by atoms with Crippen LogP contribution in [-0.4, -0.2) is 22.8 Å². The van der Waals surface area contributed by atoms with Crippen LogP contribution >= 0.6 is 11.6 Å². The van der Waals surface area contributed by atoms with Gasteiger partial charge in [-0.2, -0.15) is 0 Å². The van der Waals surface area contributed by atoms with E-state index in [0.29, 0.717) is 16.9 Å². The first-order valence-electron chi connectivity index (χ1n) is 9.66. The molecule has 164 valence electrons. The Morgan fingerprint density at radius 1 is 1.12 bits per heavy atom. The minimum absolute atomic E-state index is 0.0314. The van der Waals surface area contributed by atoms with Crippen LogP contribution in [0, 0.1) is 17.0 Å². The maximum absolute atomic E-state index is 12.3. The summed E-state index contributed by atoms with van der Waals surface area (Å²) in [6.07, 6.45) is 1.50. The fourth-order valence-electron chi connectivity index (χ4n) is 3.04. The van der Waals surface area contributed by atoms with Crippen molar-refractivity contribution in [1.82, 2.24) is 0 Å². The molecule has 0 saturated carbocycles. The van der Waals surface area contributed by atoms with Gasteiger partial charge in [-0.25, -0.2) is 14.6 Å². The summed E-state index contributed by atoms with van der Waals surface area (Å²) in [5, 5.41) is 10.9. The van der Waals surface area contributed by atoms with Crippen LogP contribution in [0.2, 0.25) is 5.02 Å². The normalized spacial score (nSPS) is 14.1. The van der Waals surface area contributed by atoms with Gasteiger partial charge in [0.1, 0.15) is 5.75 Å². The van der Waals surface area contributed by atoms with Crippen molar-refractivity contribution in [2.75, 3.05) is 0 Å². The Balaban J connectivity index is 1.51. The van der Waals surface area contributed by atoms with Crippen molar-refractivity contribution in [2.24, 2.45) is 4.99 Å². The molecule has 0 atom stereocenters. The lowest BCUT2D eigenvalue weighted by molar-refractivity contribution is -0.384. The van der Waals surface area contributed by atoms with Gasteiger partial charge in [-0.1, -0.05) is 41.4 Å². The summed E-state index contributed by atoms with van der Waals surface area (Å²) in [6, 6.07) is 17.4. The third-order valence-corrected chi connectivity index (χ3v) is 4.97. The third-order valence-electron chi connectivity index (χ3n) is 4.66. The molecule has 1 heterocycles. The highest BCUT2D eigenvalue weighted by Gasteiger charge is 2.26. The van der Waals surface area contributed by atoms with Crippen molar-refractivity contribution < 1.29 is 24.0 Å². The van der Waals surface area contributed by atoms with Gasteiger partial charge in [-0.05, 0) is 48.9 Å². The average Bonchev–Trinajstić information content (AvgIpc) is 3.14. The van der Waals surface area contributed by atoms with Crippen molar-refractivity contribution in [2.45, 2.75) is 6.92 Å². The van der Waals surface area contributed by atoms with Crippen LogP contribution in [0.1, 0.15) is 27.0 Å². The number of nitro groups is 1. The number of rotatable bonds is 5. The molecule has 1 aliphatic rings. The summed E-state index contributed by atoms with van der Waals surface area (Å²) < 4.78 is 10.5. The number of non-ortho nitro benzene ring substituents is 1. The van der Waals surface area contributed by atoms with Gasteiger partial charge in [0, 0.05) is 12.1 Å². The van der Waals surface area contributed by atoms with Crippen molar-refractivity contribution >= 4 is 41.2 Å². The minimum atomic E-state index is -0.686. The topological polar surface area (TPSA) is 108 Å². The van der Waals surface area contributed by atoms with Crippen LogP contribution in [-0.2, 0) is 9.53 Å². The second kappa shape index (κ2) is 9.05. The molecule has 33 heavy (non-hydrogen) atoms. The highest BCUT2D eigenvalue weighted by atomic mass is 35.5. The van der Waals surface area contributed by atoms with Gasteiger partial charge in [-0.15, -0.1) is 0 Å². The summed E-state index contributed by atoms with van der Waals surface area (Å²) in [5.41, 5.74) is 2.12. The van der Waals surface area contributed by atoms with E-state index in [1.54, 1.807) is 42.5 Å². The van der Waals surface area contributed by atoms with Gasteiger partial charge >= 0.3 is 11.9 Å². The first-order chi connectivity index (χ1) is 15.8. The predicted molar refractivity (Wildman–Crippen MR) is 121 cm³/mol. The van der Waals surface area contributed by atoms with E-state index in [0.717, 1.165) is 11.6 Å². The van der Waals surface area contributed by atoms with Gasteiger partial charge in [0.25, 0.3) is 5.69 Å². The van der Waals surface area contributed by atoms with Gasteiger partial charge < -0.3 is 9.47 Å². The SMILES string of the molecule is Cc1cccc(C(=O)Oc2ccc(/C=C3\N=C(c4ccc([N+](=O)[O-])cc4Cl)OC3=O)cc2)c1. The molecule has 8 nitrogen and oxygen atoms in total. The average molecular weight is 463 g/mol. The largest absolute Gasteiger partial charge is 0.423 e. The standard InChI is InChI=1S/C24H15ClN2O6/c1-14-3-2-4-16(11-14)23(28)32-18-8-5-15(6-9-18)12-21-24(29)33-22(26-21)19-10-7-17(27(30)31)13-20(19)25/h2-13H,1H3/b21-12-. The third kappa shape index (κ3) is 4.97. The lowest BCUT2D eigenvalue weighted by Gasteiger charge is -2.05. The van der Waals surface area contributed by atoms with E-state index in [9.17, 15) is 19.7 Å². The van der Waals surface area contributed by atoms with E-state index in [-0.39, 0.29) is 27.9 Å². The van der Waals surface area contributed by atoms with E-state index < -0.39 is 16.9 Å². The monoisotopic (exact) mass is 462 g/mol. The maximum Gasteiger partial charge on any atom is 0.363 e. The number of ether oxygens (including phenoxy) is 2. The minimum Gasteiger partial charge on any atom is -0.423 e. The first kappa shape index (κ1) is 21.9. The van der Waals surface area contributed by atoms with E-state index in [1.807, 2.05) is 13.0 Å². The van der Waals surface area contributed by atoms with Crippen molar-refractivity contribution in [1.29, 1.82) is 0 Å². The number of nitrogens with zero attached hydrogens (tertiary/aromatic N) is 2. The highest BCUT2D eigenvalue weighted by Crippen LogP contribution is 2.27. The molecule has 1 aliphatic heterocycles. The summed E-state index contributed by atoms with van der Waals surface area (Å²) in [6.45, 7) is 1.89. The molecule has 0 saturated heterocycles. The van der Waals surface area contributed by atoms with Crippen molar-refractivity contribution in [3.63, 3.8) is 0 Å². The molecule has 0 aromatic heterocycles. The molecule has 0 aliphatic carbocycles. The summed E-state index contributed by atoms with van der Waals surface area (Å²) >= 11 is 6.08. The van der Waals surface area contributed by atoms with Gasteiger partial charge in [0.2, 0.25) is 5.90 Å². The quantitative estimate of drug-likeness (QED) is 0.171. The Hall–Kier alpha value is -4.30. The van der Waals surface area contributed by atoms with Crippen LogP contribution in [0.4, 0.5) is 5.69 Å². The molecular weight excluding hydrogens is 448 g/mol. The number of hydrogen-bond acceptors (Lipinski definition) is 7. The molecule has 3 aromatic carbocycles. The molecule has 0 unspecified atom stereocenters. The molecule has 0 radical (unpaired) electrons. The van der Waals surface area contributed by atoms with E-state index in [2.05, 4.69) is 4.99 Å². The number of halogens is 1. The number of aliphatic imine (C=N–C) groups is 1. The number of aryl methyl sites for hydroxylation is 1. The van der Waals surface area contributed by atoms with E-state index in [1.165, 1.54) is 18.2 Å². The Bertz CT molecular complexity index is 1350. The lowest BCUT2D eigenvalue weighted by Crippen LogP contribution is -2.08. The number of nitro benzene ring substituents is 1. The highest BCUT2D eigenvalue weighted by molar-refractivity contribution is 6.34. The van der Waals surface area contributed by atoms with Crippen LogP contribution in [0.5, 0.6) is 5.75 Å². The van der Waals surface area contributed by atoms with E-state index in [4.69, 9.17) is 21.1 Å². The zero-order valence-corrected chi connectivity index (χ0v) is 17.9. The molecule has 9 heteroatoms. The van der Waals surface area contributed by atoms with Gasteiger partial charge in [-0.3, -0.25) is 10.1 Å². The summed E-state index contributed by atoms with van der Waals surface area (Å²) in [5.74, 6) is -0.859. The van der Waals surface area contributed by atoms with Crippen LogP contribution in [0.15, 0.2) is 77.4 Å². The molecule has 4 rings (SSSR count). The maximum atomic E-state index is 12.3. The zero-order valence-electron chi connectivity index (χ0n) is 17.2.